The molecule has 2 nitrogen and oxygen atoms in total. The van der Waals surface area contributed by atoms with Crippen molar-refractivity contribution in [3.63, 3.8) is 0 Å². The Labute approximate surface area is 318 Å². The van der Waals surface area contributed by atoms with Gasteiger partial charge in [0.1, 0.15) is 0 Å². The second-order valence-corrected chi connectivity index (χ2v) is 23.2. The molecule has 0 amide bonds. The van der Waals surface area contributed by atoms with Crippen LogP contribution in [-0.4, -0.2) is 45.7 Å². The first-order valence-electron chi connectivity index (χ1n) is 24.4. The number of ether oxygens (including phenoxy) is 1. The summed E-state index contributed by atoms with van der Waals surface area (Å²) in [4.78, 5) is 3.40. The van der Waals surface area contributed by atoms with Crippen molar-refractivity contribution in [2.24, 2.45) is 71.0 Å². The number of rotatable bonds is 4. The number of fused-ring (bicyclic) bond motifs is 10. The third-order valence-corrected chi connectivity index (χ3v) is 21.7. The molecule has 0 spiro atoms. The van der Waals surface area contributed by atoms with Gasteiger partial charge in [0.15, 0.2) is 0 Å². The monoisotopic (exact) mass is 716 g/mol. The lowest BCUT2D eigenvalue weighted by molar-refractivity contribution is -0.0782. The van der Waals surface area contributed by atoms with Gasteiger partial charge in [-0.1, -0.05) is 89.9 Å². The highest BCUT2D eigenvalue weighted by Gasteiger charge is 2.61. The Balaban J connectivity index is 0.820. The Hall–Kier alpha value is 0.270. The number of likely N-dealkylation sites (tertiary alicyclic amines) is 1. The molecule has 17 unspecified atom stereocenters. The van der Waals surface area contributed by atoms with Gasteiger partial charge in [-0.05, 0) is 161 Å². The molecule has 3 heteroatoms. The molecule has 0 N–H and O–H groups in total. The van der Waals surface area contributed by atoms with Crippen LogP contribution in [0.4, 0.5) is 0 Å². The third-order valence-electron chi connectivity index (χ3n) is 19.9. The van der Waals surface area contributed by atoms with Crippen LogP contribution in [0.25, 0.3) is 0 Å². The van der Waals surface area contributed by atoms with E-state index in [0.29, 0.717) is 12.2 Å². The molecular formula is C48H77NOS. The smallest absolute Gasteiger partial charge is 0.0652 e. The molecule has 3 aliphatic heterocycles. The molecule has 11 aliphatic rings. The van der Waals surface area contributed by atoms with Crippen LogP contribution in [0, 0.1) is 71.0 Å². The summed E-state index contributed by atoms with van der Waals surface area (Å²) in [7, 11) is 0. The first-order chi connectivity index (χ1) is 25.3. The van der Waals surface area contributed by atoms with E-state index in [1.807, 2.05) is 0 Å². The van der Waals surface area contributed by atoms with Gasteiger partial charge in [0.05, 0.1) is 12.2 Å². The highest BCUT2D eigenvalue weighted by Crippen LogP contribution is 2.63. The molecule has 8 saturated carbocycles. The van der Waals surface area contributed by atoms with Crippen LogP contribution in [0.3, 0.4) is 0 Å². The number of hydrogen-bond donors (Lipinski definition) is 0. The zero-order valence-electron chi connectivity index (χ0n) is 32.7. The molecule has 11 fully saturated rings. The van der Waals surface area contributed by atoms with Gasteiger partial charge in [-0.25, -0.2) is 0 Å². The highest BCUT2D eigenvalue weighted by molar-refractivity contribution is 8.00. The van der Waals surface area contributed by atoms with E-state index < -0.39 is 0 Å². The largest absolute Gasteiger partial charge is 0.374 e. The Morgan fingerprint density at radius 1 is 0.353 bits per heavy atom. The zero-order valence-corrected chi connectivity index (χ0v) is 33.6. The normalized spacial score (nSPS) is 53.8. The Kier molecular flexibility index (Phi) is 9.91. The summed E-state index contributed by atoms with van der Waals surface area (Å²) in [5.74, 6) is 12.0. The molecule has 286 valence electrons. The van der Waals surface area contributed by atoms with Crippen LogP contribution in [0.2, 0.25) is 0 Å². The van der Waals surface area contributed by atoms with E-state index in [2.05, 4.69) is 16.7 Å². The van der Waals surface area contributed by atoms with Gasteiger partial charge in [-0.15, -0.1) is 0 Å². The van der Waals surface area contributed by atoms with Crippen LogP contribution in [0.1, 0.15) is 186 Å². The lowest BCUT2D eigenvalue weighted by Crippen LogP contribution is -2.51. The van der Waals surface area contributed by atoms with Crippen LogP contribution < -0.4 is 0 Å². The number of thioether (sulfide) groups is 1. The van der Waals surface area contributed by atoms with Crippen LogP contribution in [-0.2, 0) is 4.74 Å². The van der Waals surface area contributed by atoms with Gasteiger partial charge >= 0.3 is 0 Å². The minimum atomic E-state index is 0.625. The van der Waals surface area contributed by atoms with Crippen molar-refractivity contribution in [1.82, 2.24) is 4.90 Å². The molecular weight excluding hydrogens is 639 g/mol. The topological polar surface area (TPSA) is 12.5 Å². The summed E-state index contributed by atoms with van der Waals surface area (Å²) < 4.78 is 7.64. The fourth-order valence-corrected chi connectivity index (χ4v) is 20.0. The molecule has 0 radical (unpaired) electrons. The van der Waals surface area contributed by atoms with Gasteiger partial charge < -0.3 is 4.74 Å². The average molecular weight is 716 g/mol. The summed E-state index contributed by atoms with van der Waals surface area (Å²) in [6, 6.07) is 2.78. The van der Waals surface area contributed by atoms with Gasteiger partial charge in [-0.2, -0.15) is 11.8 Å². The lowest BCUT2D eigenvalue weighted by atomic mass is 9.62. The molecule has 0 aromatic carbocycles. The molecule has 51 heavy (non-hydrogen) atoms. The maximum absolute atomic E-state index is 7.64. The van der Waals surface area contributed by atoms with E-state index in [4.69, 9.17) is 4.74 Å². The SMILES string of the molecule is C1CCC(C2CCC3C(C2)C2CC(C4CCCCC4)CCC2N3C2CCCC(C3CCCC4C5CCC6SC7CCCCC7C6C5OC34)C2)CC1. The fraction of sp³-hybridized carbons (Fsp3) is 1.00. The van der Waals surface area contributed by atoms with E-state index in [1.54, 1.807) is 70.6 Å². The van der Waals surface area contributed by atoms with Gasteiger partial charge in [0, 0.05) is 34.5 Å². The molecule has 0 aromatic rings. The summed E-state index contributed by atoms with van der Waals surface area (Å²) >= 11 is 2.45. The van der Waals surface area contributed by atoms with Crippen molar-refractivity contribution < 1.29 is 4.74 Å². The first kappa shape index (κ1) is 34.5. The molecule has 0 aromatic heterocycles. The molecule has 17 atom stereocenters. The standard InChI is InChI=1S/C48H77NOS/c1-3-11-30(12-4-1)32-21-24-42-40(28-32)41-29-33(31-13-5-2-6-14-31)22-25-43(41)49(42)35-16-9-15-34(27-35)36-18-10-19-37-38-23-26-45-46(48(38)50-47(36)37)39-17-7-8-20-44(39)51-45/h30-48H,1-29H2. The van der Waals surface area contributed by atoms with Crippen molar-refractivity contribution in [3.8, 4) is 0 Å². The Bertz CT molecular complexity index is 1150. The predicted octanol–water partition coefficient (Wildman–Crippen LogP) is 12.5. The molecule has 11 rings (SSSR count). The van der Waals surface area contributed by atoms with E-state index in [1.165, 1.54) is 116 Å². The van der Waals surface area contributed by atoms with Crippen molar-refractivity contribution in [2.75, 3.05) is 0 Å². The second-order valence-electron chi connectivity index (χ2n) is 21.7. The summed E-state index contributed by atoms with van der Waals surface area (Å²) in [6.07, 6.45) is 46.0. The minimum Gasteiger partial charge on any atom is -0.374 e. The molecule has 3 saturated heterocycles. The molecule has 3 heterocycles. The summed E-state index contributed by atoms with van der Waals surface area (Å²) in [5, 5.41) is 1.92. The average Bonchev–Trinajstić information content (AvgIpc) is 3.87. The van der Waals surface area contributed by atoms with Gasteiger partial charge in [0.25, 0.3) is 0 Å². The lowest BCUT2D eigenvalue weighted by Gasteiger charge is -2.48. The van der Waals surface area contributed by atoms with Crippen molar-refractivity contribution in [2.45, 2.75) is 227 Å². The van der Waals surface area contributed by atoms with Crippen molar-refractivity contribution in [3.05, 3.63) is 0 Å². The van der Waals surface area contributed by atoms with E-state index in [9.17, 15) is 0 Å². The quantitative estimate of drug-likeness (QED) is 0.287. The van der Waals surface area contributed by atoms with Crippen LogP contribution >= 0.6 is 11.8 Å². The Morgan fingerprint density at radius 2 is 0.941 bits per heavy atom. The fourth-order valence-electron chi connectivity index (χ4n) is 17.9. The molecule has 0 bridgehead atoms. The summed E-state index contributed by atoms with van der Waals surface area (Å²) in [6.45, 7) is 0. The number of nitrogens with zero attached hydrogens (tertiary/aromatic N) is 1. The maximum atomic E-state index is 7.64. The van der Waals surface area contributed by atoms with Gasteiger partial charge in [0.2, 0.25) is 0 Å². The van der Waals surface area contributed by atoms with E-state index in [-0.39, 0.29) is 0 Å². The third kappa shape index (κ3) is 6.13. The van der Waals surface area contributed by atoms with E-state index in [0.717, 1.165) is 99.6 Å². The van der Waals surface area contributed by atoms with Gasteiger partial charge in [-0.3, -0.25) is 4.90 Å². The van der Waals surface area contributed by atoms with Crippen molar-refractivity contribution in [1.29, 1.82) is 0 Å². The number of hydrogen-bond acceptors (Lipinski definition) is 3. The Morgan fingerprint density at radius 3 is 1.67 bits per heavy atom. The van der Waals surface area contributed by atoms with Crippen molar-refractivity contribution >= 4 is 11.8 Å². The first-order valence-corrected chi connectivity index (χ1v) is 25.3. The highest BCUT2D eigenvalue weighted by atomic mass is 32.2. The maximum Gasteiger partial charge on any atom is 0.0652 e. The minimum absolute atomic E-state index is 0.625. The van der Waals surface area contributed by atoms with Crippen LogP contribution in [0.15, 0.2) is 0 Å². The van der Waals surface area contributed by atoms with E-state index >= 15 is 0 Å². The summed E-state index contributed by atoms with van der Waals surface area (Å²) in [5.41, 5.74) is 0. The van der Waals surface area contributed by atoms with Crippen LogP contribution in [0.5, 0.6) is 0 Å². The predicted molar refractivity (Wildman–Crippen MR) is 213 cm³/mol. The second kappa shape index (κ2) is 14.6. The zero-order chi connectivity index (χ0) is 33.5. The molecule has 8 aliphatic carbocycles.